The summed E-state index contributed by atoms with van der Waals surface area (Å²) in [7, 11) is 1.55. The summed E-state index contributed by atoms with van der Waals surface area (Å²) in [4.78, 5) is 14.6. The molecule has 7 heteroatoms. The largest absolute Gasteiger partial charge is 0.493 e. The average molecular weight is 363 g/mol. The first-order chi connectivity index (χ1) is 10.6. The number of hydrogen-bond donors (Lipinski definition) is 1. The van der Waals surface area contributed by atoms with E-state index >= 15 is 0 Å². The molecule has 0 aromatic heterocycles. The molecule has 1 atom stereocenters. The minimum atomic E-state index is -0.0313. The van der Waals surface area contributed by atoms with Gasteiger partial charge < -0.3 is 19.7 Å². The molecule has 1 saturated heterocycles. The molecule has 0 aliphatic carbocycles. The van der Waals surface area contributed by atoms with Gasteiger partial charge in [0.05, 0.1) is 18.7 Å². The molecule has 2 rings (SSSR count). The lowest BCUT2D eigenvalue weighted by molar-refractivity contribution is 0.0655. The van der Waals surface area contributed by atoms with Crippen LogP contribution in [0, 0.1) is 0 Å². The second kappa shape index (κ2) is 9.21. The van der Waals surface area contributed by atoms with E-state index in [1.165, 1.54) is 0 Å². The first-order valence-electron chi connectivity index (χ1n) is 7.60. The van der Waals surface area contributed by atoms with Gasteiger partial charge in [0.2, 0.25) is 0 Å². The van der Waals surface area contributed by atoms with E-state index in [9.17, 15) is 4.79 Å². The van der Waals surface area contributed by atoms with Crippen molar-refractivity contribution in [3.63, 3.8) is 0 Å². The Bertz CT molecular complexity index is 540. The van der Waals surface area contributed by atoms with Crippen molar-refractivity contribution >= 4 is 29.9 Å². The molecule has 1 N–H and O–H groups in total. The van der Waals surface area contributed by atoms with Gasteiger partial charge in [0.15, 0.2) is 11.5 Å². The summed E-state index contributed by atoms with van der Waals surface area (Å²) in [6, 6.07) is 3.52. The predicted molar refractivity (Wildman–Crippen MR) is 94.4 cm³/mol. The zero-order valence-electron chi connectivity index (χ0n) is 13.7. The third-order valence-electron chi connectivity index (χ3n) is 3.69. The maximum Gasteiger partial charge on any atom is 0.254 e. The fourth-order valence-corrected chi connectivity index (χ4v) is 2.76. The van der Waals surface area contributed by atoms with Crippen LogP contribution in [0.1, 0.15) is 30.6 Å². The predicted octanol–water partition coefficient (Wildman–Crippen LogP) is 2.99. The summed E-state index contributed by atoms with van der Waals surface area (Å²) in [5.74, 6) is 0.958. The summed E-state index contributed by atoms with van der Waals surface area (Å²) in [5, 5.41) is 3.67. The Hall–Kier alpha value is -1.17. The van der Waals surface area contributed by atoms with Crippen LogP contribution < -0.4 is 14.8 Å². The Morgan fingerprint density at radius 1 is 1.48 bits per heavy atom. The lowest BCUT2D eigenvalue weighted by Crippen LogP contribution is -2.52. The highest BCUT2D eigenvalue weighted by Crippen LogP contribution is 2.37. The van der Waals surface area contributed by atoms with Gasteiger partial charge in [0.25, 0.3) is 5.91 Å². The maximum atomic E-state index is 12.7. The normalized spacial score (nSPS) is 17.4. The van der Waals surface area contributed by atoms with Crippen molar-refractivity contribution in [2.45, 2.75) is 26.3 Å². The van der Waals surface area contributed by atoms with Crippen molar-refractivity contribution in [1.82, 2.24) is 10.2 Å². The van der Waals surface area contributed by atoms with Gasteiger partial charge in [-0.2, -0.15) is 0 Å². The van der Waals surface area contributed by atoms with E-state index < -0.39 is 0 Å². The Morgan fingerprint density at radius 3 is 2.83 bits per heavy atom. The molecular formula is C16H24Cl2N2O3. The quantitative estimate of drug-likeness (QED) is 0.874. The van der Waals surface area contributed by atoms with E-state index in [4.69, 9.17) is 21.1 Å². The molecule has 5 nitrogen and oxygen atoms in total. The van der Waals surface area contributed by atoms with Gasteiger partial charge in [0, 0.05) is 31.2 Å². The molecule has 1 aliphatic heterocycles. The van der Waals surface area contributed by atoms with Gasteiger partial charge in [-0.3, -0.25) is 4.79 Å². The Labute approximate surface area is 148 Å². The number of methoxy groups -OCH3 is 1. The van der Waals surface area contributed by atoms with Crippen molar-refractivity contribution in [3.8, 4) is 11.5 Å². The number of halogens is 2. The van der Waals surface area contributed by atoms with Crippen molar-refractivity contribution in [3.05, 3.63) is 22.7 Å². The smallest absolute Gasteiger partial charge is 0.254 e. The van der Waals surface area contributed by atoms with Crippen LogP contribution >= 0.6 is 24.0 Å². The Morgan fingerprint density at radius 2 is 2.22 bits per heavy atom. The highest BCUT2D eigenvalue weighted by Gasteiger charge is 2.25. The van der Waals surface area contributed by atoms with Crippen LogP contribution in [0.25, 0.3) is 0 Å². The number of nitrogens with one attached hydrogen (secondary N) is 1. The molecular weight excluding hydrogens is 339 g/mol. The Balaban J connectivity index is 0.00000264. The zero-order chi connectivity index (χ0) is 16.1. The molecule has 1 aromatic carbocycles. The number of amides is 1. The van der Waals surface area contributed by atoms with E-state index in [2.05, 4.69) is 5.32 Å². The third kappa shape index (κ3) is 4.66. The second-order valence-corrected chi connectivity index (χ2v) is 5.80. The van der Waals surface area contributed by atoms with Gasteiger partial charge in [-0.25, -0.2) is 0 Å². The number of nitrogens with zero attached hydrogens (tertiary/aromatic N) is 1. The van der Waals surface area contributed by atoms with Crippen molar-refractivity contribution in [2.24, 2.45) is 0 Å². The molecule has 1 heterocycles. The number of hydrogen-bond acceptors (Lipinski definition) is 4. The fourth-order valence-electron chi connectivity index (χ4n) is 2.50. The van der Waals surface area contributed by atoms with Crippen molar-refractivity contribution in [2.75, 3.05) is 33.4 Å². The number of benzene rings is 1. The highest BCUT2D eigenvalue weighted by molar-refractivity contribution is 6.32. The summed E-state index contributed by atoms with van der Waals surface area (Å²) in [5.41, 5.74) is 0.527. The molecule has 0 saturated carbocycles. The van der Waals surface area contributed by atoms with Gasteiger partial charge >= 0.3 is 0 Å². The van der Waals surface area contributed by atoms with Crippen molar-refractivity contribution in [1.29, 1.82) is 0 Å². The molecule has 1 aromatic rings. The molecule has 0 radical (unpaired) electrons. The summed E-state index contributed by atoms with van der Waals surface area (Å²) < 4.78 is 11.0. The first kappa shape index (κ1) is 19.9. The van der Waals surface area contributed by atoms with Crippen LogP contribution in [0.3, 0.4) is 0 Å². The van der Waals surface area contributed by atoms with Gasteiger partial charge in [-0.05, 0) is 25.5 Å². The van der Waals surface area contributed by atoms with E-state index in [0.717, 1.165) is 19.5 Å². The second-order valence-electron chi connectivity index (χ2n) is 5.39. The lowest BCUT2D eigenvalue weighted by atomic mass is 10.1. The highest BCUT2D eigenvalue weighted by atomic mass is 35.5. The molecule has 0 spiro atoms. The SMILES string of the molecule is CCCOc1c(Cl)cc(C(=O)N2CCNC[C@H]2C)cc1OC.Cl. The lowest BCUT2D eigenvalue weighted by Gasteiger charge is -2.34. The molecule has 0 unspecified atom stereocenters. The van der Waals surface area contributed by atoms with Gasteiger partial charge in [0.1, 0.15) is 0 Å². The molecule has 0 bridgehead atoms. The standard InChI is InChI=1S/C16H23ClN2O3.ClH/c1-4-7-22-15-13(17)8-12(9-14(15)21-3)16(20)19-6-5-18-10-11(19)2;/h8-9,11,18H,4-7,10H2,1-3H3;1H/t11-;/m1./s1. The van der Waals surface area contributed by atoms with E-state index in [0.29, 0.717) is 35.2 Å². The number of rotatable bonds is 5. The average Bonchev–Trinajstić information content (AvgIpc) is 2.53. The van der Waals surface area contributed by atoms with Gasteiger partial charge in [-0.15, -0.1) is 12.4 Å². The number of carbonyl (C=O) groups is 1. The molecule has 1 aliphatic rings. The fraction of sp³-hybridized carbons (Fsp3) is 0.562. The first-order valence-corrected chi connectivity index (χ1v) is 7.98. The molecule has 1 amide bonds. The summed E-state index contributed by atoms with van der Waals surface area (Å²) in [6.45, 7) is 6.89. The van der Waals surface area contributed by atoms with E-state index in [1.54, 1.807) is 19.2 Å². The van der Waals surface area contributed by atoms with E-state index in [-0.39, 0.29) is 24.4 Å². The maximum absolute atomic E-state index is 12.7. The monoisotopic (exact) mass is 362 g/mol. The zero-order valence-corrected chi connectivity index (χ0v) is 15.3. The van der Waals surface area contributed by atoms with Crippen LogP contribution in [0.2, 0.25) is 5.02 Å². The molecule has 23 heavy (non-hydrogen) atoms. The summed E-state index contributed by atoms with van der Waals surface area (Å²) >= 11 is 6.28. The summed E-state index contributed by atoms with van der Waals surface area (Å²) in [6.07, 6.45) is 0.873. The topological polar surface area (TPSA) is 50.8 Å². The Kier molecular flexibility index (Phi) is 7.95. The minimum absolute atomic E-state index is 0. The van der Waals surface area contributed by atoms with Crippen LogP contribution in [0.4, 0.5) is 0 Å². The number of carbonyl (C=O) groups excluding carboxylic acids is 1. The van der Waals surface area contributed by atoms with Crippen LogP contribution in [-0.4, -0.2) is 50.2 Å². The van der Waals surface area contributed by atoms with Gasteiger partial charge in [-0.1, -0.05) is 18.5 Å². The van der Waals surface area contributed by atoms with Crippen molar-refractivity contribution < 1.29 is 14.3 Å². The van der Waals surface area contributed by atoms with Crippen LogP contribution in [0.15, 0.2) is 12.1 Å². The van der Waals surface area contributed by atoms with Crippen LogP contribution in [0.5, 0.6) is 11.5 Å². The number of ether oxygens (including phenoxy) is 2. The molecule has 130 valence electrons. The van der Waals surface area contributed by atoms with E-state index in [1.807, 2.05) is 18.7 Å². The van der Waals surface area contributed by atoms with Crippen LogP contribution in [-0.2, 0) is 0 Å². The number of piperazine rings is 1. The minimum Gasteiger partial charge on any atom is -0.493 e. The molecule has 1 fully saturated rings. The third-order valence-corrected chi connectivity index (χ3v) is 3.97.